The van der Waals surface area contributed by atoms with Gasteiger partial charge in [-0.2, -0.15) is 0 Å². The fourth-order valence-corrected chi connectivity index (χ4v) is 0.986. The highest BCUT2D eigenvalue weighted by atomic mass is 16.6. The van der Waals surface area contributed by atoms with Gasteiger partial charge in [0.2, 0.25) is 0 Å². The first kappa shape index (κ1) is 8.02. The van der Waals surface area contributed by atoms with Crippen LogP contribution in [0.2, 0.25) is 0 Å². The molecular weight excluding hydrogens is 126 g/mol. The van der Waals surface area contributed by atoms with Crippen molar-refractivity contribution in [1.29, 1.82) is 0 Å². The monoisotopic (exact) mass is 143 g/mol. The van der Waals surface area contributed by atoms with Gasteiger partial charge in [-0.15, -0.1) is 0 Å². The van der Waals surface area contributed by atoms with E-state index in [1.807, 2.05) is 0 Å². The summed E-state index contributed by atoms with van der Waals surface area (Å²) in [5, 5.41) is 0. The van der Waals surface area contributed by atoms with E-state index in [-0.39, 0.29) is 0 Å². The highest BCUT2D eigenvalue weighted by Gasteiger charge is 2.24. The summed E-state index contributed by atoms with van der Waals surface area (Å²) in [6.07, 6.45) is 1.77. The van der Waals surface area contributed by atoms with Gasteiger partial charge in [0, 0.05) is 12.6 Å². The third kappa shape index (κ3) is 2.27. The summed E-state index contributed by atoms with van der Waals surface area (Å²) in [4.78, 5) is 2.36. The number of rotatable bonds is 4. The van der Waals surface area contributed by atoms with Gasteiger partial charge in [0.05, 0.1) is 12.7 Å². The molecule has 0 bridgehead atoms. The summed E-state index contributed by atoms with van der Waals surface area (Å²) in [5.41, 5.74) is 0. The van der Waals surface area contributed by atoms with Crippen LogP contribution < -0.4 is 0 Å². The maximum Gasteiger partial charge on any atom is 0.0936 e. The van der Waals surface area contributed by atoms with Gasteiger partial charge < -0.3 is 9.64 Å². The molecule has 60 valence electrons. The molecule has 1 heterocycles. The summed E-state index contributed by atoms with van der Waals surface area (Å²) in [5.74, 6) is 0. The Labute approximate surface area is 63.2 Å². The molecule has 2 atom stereocenters. The minimum atomic E-state index is 0.541. The number of nitrogens with zero attached hydrogens (tertiary/aromatic N) is 1. The molecule has 1 aliphatic rings. The molecule has 2 nitrogen and oxygen atoms in total. The summed E-state index contributed by atoms with van der Waals surface area (Å²) in [6, 6.07) is 0.698. The molecule has 10 heavy (non-hydrogen) atoms. The maximum absolute atomic E-state index is 5.13. The van der Waals surface area contributed by atoms with Gasteiger partial charge >= 0.3 is 0 Å². The zero-order valence-corrected chi connectivity index (χ0v) is 7.13. The van der Waals surface area contributed by atoms with E-state index in [1.54, 1.807) is 0 Å². The van der Waals surface area contributed by atoms with Gasteiger partial charge in [-0.05, 0) is 20.4 Å². The Morgan fingerprint density at radius 3 is 2.70 bits per heavy atom. The molecule has 0 saturated carbocycles. The van der Waals surface area contributed by atoms with E-state index in [2.05, 4.69) is 25.8 Å². The van der Waals surface area contributed by atoms with Crippen LogP contribution in [0.4, 0.5) is 0 Å². The molecular formula is C8H17NO. The van der Waals surface area contributed by atoms with E-state index in [9.17, 15) is 0 Å². The average molecular weight is 143 g/mol. The van der Waals surface area contributed by atoms with Gasteiger partial charge in [-0.25, -0.2) is 0 Å². The third-order valence-corrected chi connectivity index (χ3v) is 2.24. The van der Waals surface area contributed by atoms with Crippen LogP contribution in [-0.4, -0.2) is 37.2 Å². The molecule has 0 spiro atoms. The second-order valence-corrected chi connectivity index (χ2v) is 3.15. The Bertz CT molecular complexity index is 101. The van der Waals surface area contributed by atoms with Gasteiger partial charge in [-0.3, -0.25) is 0 Å². The first-order valence-corrected chi connectivity index (χ1v) is 4.06. The summed E-state index contributed by atoms with van der Waals surface area (Å²) in [6.45, 7) is 6.55. The molecule has 1 unspecified atom stereocenters. The van der Waals surface area contributed by atoms with Crippen molar-refractivity contribution in [1.82, 2.24) is 4.90 Å². The first-order chi connectivity index (χ1) is 4.74. The zero-order chi connectivity index (χ0) is 7.56. The minimum Gasteiger partial charge on any atom is -0.372 e. The number of hydrogen-bond acceptors (Lipinski definition) is 2. The average Bonchev–Trinajstić information content (AvgIpc) is 2.70. The number of ether oxygens (including phenoxy) is 1. The quantitative estimate of drug-likeness (QED) is 0.548. The van der Waals surface area contributed by atoms with E-state index in [1.165, 1.54) is 6.42 Å². The van der Waals surface area contributed by atoms with Crippen LogP contribution in [-0.2, 0) is 4.74 Å². The molecule has 2 heteroatoms. The molecule has 0 aromatic heterocycles. The van der Waals surface area contributed by atoms with Gasteiger partial charge in [0.25, 0.3) is 0 Å². The summed E-state index contributed by atoms with van der Waals surface area (Å²) in [7, 11) is 2.16. The van der Waals surface area contributed by atoms with Gasteiger partial charge in [0.1, 0.15) is 0 Å². The molecule has 1 aliphatic heterocycles. The molecule has 0 N–H and O–H groups in total. The Morgan fingerprint density at radius 2 is 2.30 bits per heavy atom. The van der Waals surface area contributed by atoms with Crippen LogP contribution in [0.5, 0.6) is 0 Å². The lowest BCUT2D eigenvalue weighted by Crippen LogP contribution is -2.31. The summed E-state index contributed by atoms with van der Waals surface area (Å²) >= 11 is 0. The zero-order valence-electron chi connectivity index (χ0n) is 7.13. The molecule has 1 rings (SSSR count). The topological polar surface area (TPSA) is 15.8 Å². The van der Waals surface area contributed by atoms with Gasteiger partial charge in [-0.1, -0.05) is 6.92 Å². The van der Waals surface area contributed by atoms with E-state index in [0.29, 0.717) is 12.1 Å². The van der Waals surface area contributed by atoms with Crippen LogP contribution in [0.3, 0.4) is 0 Å². The van der Waals surface area contributed by atoms with Crippen molar-refractivity contribution < 1.29 is 4.74 Å². The van der Waals surface area contributed by atoms with Gasteiger partial charge in [0.15, 0.2) is 0 Å². The Kier molecular flexibility index (Phi) is 2.69. The normalized spacial score (nSPS) is 27.0. The van der Waals surface area contributed by atoms with Crippen LogP contribution in [0, 0.1) is 0 Å². The number of hydrogen-bond donors (Lipinski definition) is 0. The van der Waals surface area contributed by atoms with Crippen molar-refractivity contribution in [2.45, 2.75) is 32.4 Å². The molecule has 0 aromatic carbocycles. The van der Waals surface area contributed by atoms with E-state index >= 15 is 0 Å². The maximum atomic E-state index is 5.13. The molecule has 1 saturated heterocycles. The fraction of sp³-hybridized carbons (Fsp3) is 1.00. The van der Waals surface area contributed by atoms with Crippen molar-refractivity contribution in [2.75, 3.05) is 20.2 Å². The molecule has 1 fully saturated rings. The fourth-order valence-electron chi connectivity index (χ4n) is 0.986. The second kappa shape index (κ2) is 3.35. The predicted molar refractivity (Wildman–Crippen MR) is 42.1 cm³/mol. The third-order valence-electron chi connectivity index (χ3n) is 2.24. The Hall–Kier alpha value is -0.0800. The minimum absolute atomic E-state index is 0.541. The molecule has 0 radical (unpaired) electrons. The van der Waals surface area contributed by atoms with E-state index in [0.717, 1.165) is 13.2 Å². The SMILES string of the molecule is CCC(C)N(C)C[C@@H]1CO1. The smallest absolute Gasteiger partial charge is 0.0936 e. The van der Waals surface area contributed by atoms with Crippen molar-refractivity contribution in [3.05, 3.63) is 0 Å². The molecule has 0 aliphatic carbocycles. The predicted octanol–water partition coefficient (Wildman–Crippen LogP) is 1.12. The molecule has 0 aromatic rings. The highest BCUT2D eigenvalue weighted by Crippen LogP contribution is 2.12. The van der Waals surface area contributed by atoms with Crippen molar-refractivity contribution >= 4 is 0 Å². The van der Waals surface area contributed by atoms with Crippen LogP contribution in [0.15, 0.2) is 0 Å². The van der Waals surface area contributed by atoms with Crippen molar-refractivity contribution in [3.8, 4) is 0 Å². The van der Waals surface area contributed by atoms with Crippen molar-refractivity contribution in [2.24, 2.45) is 0 Å². The Morgan fingerprint density at radius 1 is 1.70 bits per heavy atom. The largest absolute Gasteiger partial charge is 0.372 e. The Balaban J connectivity index is 2.11. The van der Waals surface area contributed by atoms with E-state index < -0.39 is 0 Å². The number of epoxide rings is 1. The lowest BCUT2D eigenvalue weighted by atomic mass is 10.2. The van der Waals surface area contributed by atoms with E-state index in [4.69, 9.17) is 4.74 Å². The highest BCUT2D eigenvalue weighted by molar-refractivity contribution is 4.74. The van der Waals surface area contributed by atoms with Crippen LogP contribution >= 0.6 is 0 Å². The van der Waals surface area contributed by atoms with Crippen molar-refractivity contribution in [3.63, 3.8) is 0 Å². The number of likely N-dealkylation sites (N-methyl/N-ethyl adjacent to an activating group) is 1. The molecule has 0 amide bonds. The summed E-state index contributed by atoms with van der Waals surface area (Å²) < 4.78 is 5.13. The van der Waals surface area contributed by atoms with Crippen LogP contribution in [0.25, 0.3) is 0 Å². The lowest BCUT2D eigenvalue weighted by molar-refractivity contribution is 0.225. The second-order valence-electron chi connectivity index (χ2n) is 3.15. The van der Waals surface area contributed by atoms with Crippen LogP contribution in [0.1, 0.15) is 20.3 Å². The first-order valence-electron chi connectivity index (χ1n) is 4.06. The lowest BCUT2D eigenvalue weighted by Gasteiger charge is -2.22. The standard InChI is InChI=1S/C8H17NO/c1-4-7(2)9(3)5-8-6-10-8/h7-8H,4-6H2,1-3H3/t7?,8-/m1/s1.